The number of rotatable bonds is 7. The van der Waals surface area contributed by atoms with Gasteiger partial charge in [0.1, 0.15) is 11.6 Å². The number of hydrogen-bond acceptors (Lipinski definition) is 4. The van der Waals surface area contributed by atoms with Crippen LogP contribution in [0.3, 0.4) is 0 Å². The van der Waals surface area contributed by atoms with Gasteiger partial charge in [-0.3, -0.25) is 9.59 Å². The molecule has 30 heavy (non-hydrogen) atoms. The molecule has 8 heteroatoms. The first-order chi connectivity index (χ1) is 14.5. The van der Waals surface area contributed by atoms with E-state index in [1.807, 2.05) is 6.07 Å². The van der Waals surface area contributed by atoms with Crippen molar-refractivity contribution in [3.8, 4) is 0 Å². The van der Waals surface area contributed by atoms with Gasteiger partial charge in [-0.25, -0.2) is 9.37 Å². The van der Waals surface area contributed by atoms with Crippen LogP contribution in [0.1, 0.15) is 35.7 Å². The van der Waals surface area contributed by atoms with Gasteiger partial charge in [0.2, 0.25) is 5.91 Å². The van der Waals surface area contributed by atoms with E-state index in [1.54, 1.807) is 23.2 Å². The van der Waals surface area contributed by atoms with Gasteiger partial charge >= 0.3 is 0 Å². The Morgan fingerprint density at radius 2 is 1.93 bits per heavy atom. The lowest BCUT2D eigenvalue weighted by molar-refractivity contribution is -0.130. The zero-order valence-electron chi connectivity index (χ0n) is 17.0. The zero-order valence-corrected chi connectivity index (χ0v) is 17.8. The molecule has 1 N–H and O–H groups in total. The summed E-state index contributed by atoms with van der Waals surface area (Å²) in [5.41, 5.74) is 0.770. The molecule has 2 heterocycles. The van der Waals surface area contributed by atoms with Crippen molar-refractivity contribution in [2.24, 2.45) is 0 Å². The largest absolute Gasteiger partial charge is 0.353 e. The van der Waals surface area contributed by atoms with Gasteiger partial charge in [-0.05, 0) is 30.7 Å². The first-order valence-electron chi connectivity index (χ1n) is 10.2. The van der Waals surface area contributed by atoms with E-state index in [9.17, 15) is 14.0 Å². The van der Waals surface area contributed by atoms with E-state index in [0.29, 0.717) is 38.3 Å². The summed E-state index contributed by atoms with van der Waals surface area (Å²) in [5, 5.41) is 3.14. The van der Waals surface area contributed by atoms with Crippen molar-refractivity contribution in [3.05, 3.63) is 58.5 Å². The van der Waals surface area contributed by atoms with Gasteiger partial charge in [-0.1, -0.05) is 31.0 Å². The van der Waals surface area contributed by atoms with E-state index in [2.05, 4.69) is 22.1 Å². The van der Waals surface area contributed by atoms with Crippen molar-refractivity contribution in [1.29, 1.82) is 0 Å². The van der Waals surface area contributed by atoms with E-state index >= 15 is 0 Å². The van der Waals surface area contributed by atoms with Crippen LogP contribution < -0.4 is 10.2 Å². The van der Waals surface area contributed by atoms with Crippen molar-refractivity contribution >= 4 is 29.2 Å². The van der Waals surface area contributed by atoms with Crippen molar-refractivity contribution in [2.75, 3.05) is 37.6 Å². The molecule has 0 spiro atoms. The Labute approximate surface area is 181 Å². The molecule has 0 bridgehead atoms. The van der Waals surface area contributed by atoms with E-state index < -0.39 is 5.82 Å². The topological polar surface area (TPSA) is 65.5 Å². The predicted molar refractivity (Wildman–Crippen MR) is 115 cm³/mol. The first kappa shape index (κ1) is 22.0. The summed E-state index contributed by atoms with van der Waals surface area (Å²) in [6, 6.07) is 8.01. The lowest BCUT2D eigenvalue weighted by Gasteiger charge is -2.35. The van der Waals surface area contributed by atoms with Crippen molar-refractivity contribution in [2.45, 2.75) is 26.2 Å². The molecule has 1 aromatic carbocycles. The van der Waals surface area contributed by atoms with Crippen LogP contribution >= 0.6 is 11.6 Å². The minimum absolute atomic E-state index is 0.0500. The number of unbranched alkanes of at least 4 members (excludes halogenated alkanes) is 1. The Bertz CT molecular complexity index is 863. The van der Waals surface area contributed by atoms with Crippen LogP contribution in [0.15, 0.2) is 36.5 Å². The lowest BCUT2D eigenvalue weighted by atomic mass is 10.1. The second-order valence-electron chi connectivity index (χ2n) is 7.26. The molecular weight excluding hydrogens is 407 g/mol. The quantitative estimate of drug-likeness (QED) is 0.682. The van der Waals surface area contributed by atoms with Crippen LogP contribution in [0.2, 0.25) is 5.02 Å². The van der Waals surface area contributed by atoms with E-state index in [1.165, 1.54) is 12.1 Å². The van der Waals surface area contributed by atoms with Gasteiger partial charge in [0.05, 0.1) is 12.0 Å². The molecule has 160 valence electrons. The molecule has 2 amide bonds. The summed E-state index contributed by atoms with van der Waals surface area (Å²) >= 11 is 6.03. The fraction of sp³-hybridized carbons (Fsp3) is 0.409. The minimum atomic E-state index is -0.461. The number of nitrogens with zero attached hydrogens (tertiary/aromatic N) is 3. The van der Waals surface area contributed by atoms with E-state index in [0.717, 1.165) is 18.7 Å². The summed E-state index contributed by atoms with van der Waals surface area (Å²) < 4.78 is 13.9. The standard InChI is InChI=1S/C22H26ClFN4O2/c1-2-3-9-25-22(30)16-7-8-20(26-15-16)27-10-12-28(13-11-27)21(29)14-17-18(23)5-4-6-19(17)24/h4-8,15H,2-3,9-14H2,1H3,(H,25,30). The van der Waals surface area contributed by atoms with Gasteiger partial charge in [0.15, 0.2) is 0 Å². The maximum absolute atomic E-state index is 13.9. The molecule has 0 aliphatic carbocycles. The highest BCUT2D eigenvalue weighted by Crippen LogP contribution is 2.21. The third-order valence-electron chi connectivity index (χ3n) is 5.17. The highest BCUT2D eigenvalue weighted by atomic mass is 35.5. The molecule has 0 atom stereocenters. The van der Waals surface area contributed by atoms with Gasteiger partial charge in [-0.2, -0.15) is 0 Å². The number of benzene rings is 1. The maximum atomic E-state index is 13.9. The highest BCUT2D eigenvalue weighted by molar-refractivity contribution is 6.31. The number of aromatic nitrogens is 1. The fourth-order valence-corrected chi connectivity index (χ4v) is 3.57. The van der Waals surface area contributed by atoms with Crippen LogP contribution in [-0.2, 0) is 11.2 Å². The second-order valence-corrected chi connectivity index (χ2v) is 7.67. The molecule has 2 aromatic rings. The third-order valence-corrected chi connectivity index (χ3v) is 5.53. The van der Waals surface area contributed by atoms with Crippen LogP contribution in [0, 0.1) is 5.82 Å². The second kappa shape index (κ2) is 10.4. The summed E-state index contributed by atoms with van der Waals surface area (Å²) in [6.45, 7) is 5.01. The predicted octanol–water partition coefficient (Wildman–Crippen LogP) is 3.30. The molecule has 1 aromatic heterocycles. The molecule has 0 unspecified atom stereocenters. The Hall–Kier alpha value is -2.67. The SMILES string of the molecule is CCCCNC(=O)c1ccc(N2CCN(C(=O)Cc3c(F)cccc3Cl)CC2)nc1. The van der Waals surface area contributed by atoms with Gasteiger partial charge in [0, 0.05) is 49.5 Å². The highest BCUT2D eigenvalue weighted by Gasteiger charge is 2.23. The number of anilines is 1. The number of halogens is 2. The number of hydrogen-bond donors (Lipinski definition) is 1. The molecule has 1 aliphatic rings. The molecule has 3 rings (SSSR count). The smallest absolute Gasteiger partial charge is 0.252 e. The summed E-state index contributed by atoms with van der Waals surface area (Å²) in [6.07, 6.45) is 3.50. The van der Waals surface area contributed by atoms with Crippen molar-refractivity contribution in [1.82, 2.24) is 15.2 Å². The minimum Gasteiger partial charge on any atom is -0.353 e. The van der Waals surface area contributed by atoms with Gasteiger partial charge in [0.25, 0.3) is 5.91 Å². The molecule has 0 saturated carbocycles. The molecule has 1 aliphatic heterocycles. The maximum Gasteiger partial charge on any atom is 0.252 e. The number of amides is 2. The number of carbonyl (C=O) groups is 2. The normalized spacial score (nSPS) is 14.0. The van der Waals surface area contributed by atoms with Crippen molar-refractivity contribution in [3.63, 3.8) is 0 Å². The zero-order chi connectivity index (χ0) is 21.5. The van der Waals surface area contributed by atoms with Crippen molar-refractivity contribution < 1.29 is 14.0 Å². The fourth-order valence-electron chi connectivity index (χ4n) is 3.34. The van der Waals surface area contributed by atoms with Crippen LogP contribution in [0.5, 0.6) is 0 Å². The summed E-state index contributed by atoms with van der Waals surface area (Å²) in [5.74, 6) is 0.0419. The Morgan fingerprint density at radius 1 is 1.17 bits per heavy atom. The molecule has 1 saturated heterocycles. The first-order valence-corrected chi connectivity index (χ1v) is 10.6. The number of piperazine rings is 1. The Balaban J connectivity index is 1.52. The van der Waals surface area contributed by atoms with Gasteiger partial charge in [-0.15, -0.1) is 0 Å². The third kappa shape index (κ3) is 5.48. The van der Waals surface area contributed by atoms with Crippen LogP contribution in [0.25, 0.3) is 0 Å². The average molecular weight is 433 g/mol. The lowest BCUT2D eigenvalue weighted by Crippen LogP contribution is -2.49. The van der Waals surface area contributed by atoms with Gasteiger partial charge < -0.3 is 15.1 Å². The summed E-state index contributed by atoms with van der Waals surface area (Å²) in [4.78, 5) is 32.8. The number of carbonyl (C=O) groups excluding carboxylic acids is 2. The average Bonchev–Trinajstić information content (AvgIpc) is 2.76. The summed E-state index contributed by atoms with van der Waals surface area (Å²) in [7, 11) is 0. The van der Waals surface area contributed by atoms with E-state index in [4.69, 9.17) is 11.6 Å². The number of nitrogens with one attached hydrogen (secondary N) is 1. The number of pyridine rings is 1. The molecule has 6 nitrogen and oxygen atoms in total. The monoisotopic (exact) mass is 432 g/mol. The molecular formula is C22H26ClFN4O2. The molecule has 0 radical (unpaired) electrons. The Kier molecular flexibility index (Phi) is 7.63. The van der Waals surface area contributed by atoms with E-state index in [-0.39, 0.29) is 28.8 Å². The molecule has 1 fully saturated rings. The Morgan fingerprint density at radius 3 is 2.57 bits per heavy atom. The van der Waals surface area contributed by atoms with Crippen LogP contribution in [-0.4, -0.2) is 54.4 Å². The van der Waals surface area contributed by atoms with Crippen LogP contribution in [0.4, 0.5) is 10.2 Å².